The third-order valence-electron chi connectivity index (χ3n) is 3.76. The van der Waals surface area contributed by atoms with Gasteiger partial charge in [0.05, 0.1) is 11.5 Å². The summed E-state index contributed by atoms with van der Waals surface area (Å²) in [4.78, 5) is 4.43. The highest BCUT2D eigenvalue weighted by atomic mass is 32.1. The Morgan fingerprint density at radius 1 is 1.53 bits per heavy atom. The molecule has 1 saturated carbocycles. The number of alkyl halides is 3. The van der Waals surface area contributed by atoms with Crippen molar-refractivity contribution in [3.05, 3.63) is 16.1 Å². The summed E-state index contributed by atoms with van der Waals surface area (Å²) >= 11 is 1.47. The van der Waals surface area contributed by atoms with Crippen molar-refractivity contribution in [3.8, 4) is 0 Å². The molecule has 1 aromatic rings. The minimum atomic E-state index is -4.10. The molecule has 2 rings (SSSR count). The van der Waals surface area contributed by atoms with Gasteiger partial charge in [-0.05, 0) is 32.7 Å². The average Bonchev–Trinajstić information content (AvgIpc) is 2.76. The van der Waals surface area contributed by atoms with Crippen LogP contribution >= 0.6 is 11.3 Å². The molecule has 0 amide bonds. The number of halogens is 3. The maximum Gasteiger partial charge on any atom is 0.391 e. The van der Waals surface area contributed by atoms with Gasteiger partial charge >= 0.3 is 6.18 Å². The zero-order valence-corrected chi connectivity index (χ0v) is 12.0. The molecule has 1 aliphatic rings. The van der Waals surface area contributed by atoms with Gasteiger partial charge in [-0.15, -0.1) is 11.3 Å². The minimum absolute atomic E-state index is 0.108. The van der Waals surface area contributed by atoms with Crippen LogP contribution in [0.5, 0.6) is 0 Å². The number of aryl methyl sites for hydroxylation is 1. The van der Waals surface area contributed by atoms with Crippen LogP contribution in [-0.2, 0) is 5.54 Å². The smallest absolute Gasteiger partial charge is 0.306 e. The van der Waals surface area contributed by atoms with Crippen molar-refractivity contribution in [1.29, 1.82) is 0 Å². The Morgan fingerprint density at radius 3 is 2.79 bits per heavy atom. The Balaban J connectivity index is 2.29. The first-order valence-electron chi connectivity index (χ1n) is 6.62. The number of hydrogen-bond acceptors (Lipinski definition) is 3. The van der Waals surface area contributed by atoms with Crippen LogP contribution < -0.4 is 5.32 Å². The predicted octanol–water partition coefficient (Wildman–Crippen LogP) is 4.01. The average molecular weight is 292 g/mol. The van der Waals surface area contributed by atoms with Crippen LogP contribution in [0.2, 0.25) is 0 Å². The molecule has 2 atom stereocenters. The monoisotopic (exact) mass is 292 g/mol. The van der Waals surface area contributed by atoms with Crippen LogP contribution in [0.25, 0.3) is 0 Å². The Kier molecular flexibility index (Phi) is 4.20. The fourth-order valence-corrected chi connectivity index (χ4v) is 3.91. The summed E-state index contributed by atoms with van der Waals surface area (Å²) in [5, 5.41) is 5.99. The zero-order valence-electron chi connectivity index (χ0n) is 11.2. The molecule has 0 aromatic carbocycles. The van der Waals surface area contributed by atoms with Crippen LogP contribution in [-0.4, -0.2) is 17.7 Å². The summed E-state index contributed by atoms with van der Waals surface area (Å²) in [6.07, 6.45) is -2.43. The molecule has 2 nitrogen and oxygen atoms in total. The lowest BCUT2D eigenvalue weighted by Gasteiger charge is -2.40. The number of rotatable bonds is 3. The van der Waals surface area contributed by atoms with Gasteiger partial charge in [0, 0.05) is 11.1 Å². The first-order chi connectivity index (χ1) is 8.87. The van der Waals surface area contributed by atoms with E-state index in [4.69, 9.17) is 0 Å². The van der Waals surface area contributed by atoms with Crippen molar-refractivity contribution < 1.29 is 13.2 Å². The molecule has 108 valence electrons. The summed E-state index contributed by atoms with van der Waals surface area (Å²) < 4.78 is 39.0. The van der Waals surface area contributed by atoms with Crippen LogP contribution in [0.4, 0.5) is 13.2 Å². The van der Waals surface area contributed by atoms with E-state index in [0.717, 1.165) is 17.1 Å². The number of nitrogens with zero attached hydrogens (tertiary/aromatic N) is 1. The number of aromatic nitrogens is 1. The Labute approximate surface area is 115 Å². The summed E-state index contributed by atoms with van der Waals surface area (Å²) in [6.45, 7) is 4.46. The molecule has 19 heavy (non-hydrogen) atoms. The number of thiazole rings is 1. The van der Waals surface area contributed by atoms with Crippen molar-refractivity contribution in [1.82, 2.24) is 10.3 Å². The van der Waals surface area contributed by atoms with Gasteiger partial charge in [0.2, 0.25) is 0 Å². The van der Waals surface area contributed by atoms with Crippen LogP contribution in [0, 0.1) is 12.8 Å². The standard InChI is InChI=1S/C13H19F3N2S/c1-3-17-12(11-18-9(2)8-19-11)6-4-5-10(7-12)13(14,15)16/h8,10,17H,3-7H2,1-2H3. The quantitative estimate of drug-likeness (QED) is 0.910. The van der Waals surface area contributed by atoms with Crippen molar-refractivity contribution in [2.24, 2.45) is 5.92 Å². The van der Waals surface area contributed by atoms with Gasteiger partial charge in [-0.1, -0.05) is 13.3 Å². The third-order valence-corrected chi connectivity index (χ3v) is 4.92. The van der Waals surface area contributed by atoms with Crippen molar-refractivity contribution in [3.63, 3.8) is 0 Å². The Morgan fingerprint density at radius 2 is 2.26 bits per heavy atom. The van der Waals surface area contributed by atoms with E-state index in [9.17, 15) is 13.2 Å². The molecular formula is C13H19F3N2S. The van der Waals surface area contributed by atoms with E-state index < -0.39 is 17.6 Å². The highest BCUT2D eigenvalue weighted by molar-refractivity contribution is 7.09. The normalized spacial score (nSPS) is 28.6. The largest absolute Gasteiger partial charge is 0.391 e. The summed E-state index contributed by atoms with van der Waals surface area (Å²) in [7, 11) is 0. The molecule has 1 fully saturated rings. The highest BCUT2D eigenvalue weighted by Gasteiger charge is 2.49. The molecule has 1 aliphatic carbocycles. The Hall–Kier alpha value is -0.620. The van der Waals surface area contributed by atoms with Gasteiger partial charge in [0.1, 0.15) is 5.01 Å². The summed E-state index contributed by atoms with van der Waals surface area (Å²) in [5.74, 6) is -1.22. The highest BCUT2D eigenvalue weighted by Crippen LogP contribution is 2.46. The molecule has 6 heteroatoms. The number of hydrogen-bond donors (Lipinski definition) is 1. The van der Waals surface area contributed by atoms with Gasteiger partial charge in [-0.3, -0.25) is 0 Å². The van der Waals surface area contributed by atoms with Gasteiger partial charge < -0.3 is 5.32 Å². The van der Waals surface area contributed by atoms with Crippen LogP contribution in [0.15, 0.2) is 5.38 Å². The maximum atomic E-state index is 13.0. The van der Waals surface area contributed by atoms with Gasteiger partial charge in [0.25, 0.3) is 0 Å². The summed E-state index contributed by atoms with van der Waals surface area (Å²) in [5.41, 5.74) is 0.290. The van der Waals surface area contributed by atoms with Crippen LogP contribution in [0.3, 0.4) is 0 Å². The van der Waals surface area contributed by atoms with E-state index in [2.05, 4.69) is 10.3 Å². The Bertz CT molecular complexity index is 426. The van der Waals surface area contributed by atoms with Gasteiger partial charge in [0.15, 0.2) is 0 Å². The molecule has 1 N–H and O–H groups in total. The SMILES string of the molecule is CCNC1(c2nc(C)cs2)CCCC(C(F)(F)F)C1. The first kappa shape index (κ1) is 14.8. The second kappa shape index (κ2) is 5.40. The molecule has 0 bridgehead atoms. The molecule has 1 aromatic heterocycles. The molecule has 2 unspecified atom stereocenters. The molecule has 0 saturated heterocycles. The zero-order chi connectivity index (χ0) is 14.1. The van der Waals surface area contributed by atoms with Crippen molar-refractivity contribution in [2.45, 2.75) is 51.2 Å². The lowest BCUT2D eigenvalue weighted by Crippen LogP contribution is -2.48. The van der Waals surface area contributed by atoms with Crippen molar-refractivity contribution >= 4 is 11.3 Å². The fourth-order valence-electron chi connectivity index (χ4n) is 2.90. The molecule has 0 spiro atoms. The second-order valence-electron chi connectivity index (χ2n) is 5.24. The summed E-state index contributed by atoms with van der Waals surface area (Å²) in [6, 6.07) is 0. The molecule has 0 radical (unpaired) electrons. The predicted molar refractivity (Wildman–Crippen MR) is 70.2 cm³/mol. The van der Waals surface area contributed by atoms with E-state index in [0.29, 0.717) is 13.0 Å². The third kappa shape index (κ3) is 3.11. The van der Waals surface area contributed by atoms with E-state index >= 15 is 0 Å². The van der Waals surface area contributed by atoms with Gasteiger partial charge in [-0.2, -0.15) is 13.2 Å². The van der Waals surface area contributed by atoms with E-state index in [1.807, 2.05) is 19.2 Å². The fraction of sp³-hybridized carbons (Fsp3) is 0.769. The maximum absolute atomic E-state index is 13.0. The molecular weight excluding hydrogens is 273 g/mol. The van der Waals surface area contributed by atoms with E-state index in [1.165, 1.54) is 11.3 Å². The second-order valence-corrected chi connectivity index (χ2v) is 6.10. The first-order valence-corrected chi connectivity index (χ1v) is 7.50. The van der Waals surface area contributed by atoms with E-state index in [1.54, 1.807) is 0 Å². The van der Waals surface area contributed by atoms with E-state index in [-0.39, 0.29) is 12.8 Å². The minimum Gasteiger partial charge on any atom is -0.306 e. The van der Waals surface area contributed by atoms with Crippen molar-refractivity contribution in [2.75, 3.05) is 6.54 Å². The topological polar surface area (TPSA) is 24.9 Å². The number of nitrogens with one attached hydrogen (secondary N) is 1. The molecule has 0 aliphatic heterocycles. The van der Waals surface area contributed by atoms with Gasteiger partial charge in [-0.25, -0.2) is 4.98 Å². The molecule has 1 heterocycles. The lowest BCUT2D eigenvalue weighted by atomic mass is 9.75. The van der Waals surface area contributed by atoms with Crippen LogP contribution in [0.1, 0.15) is 43.3 Å². The lowest BCUT2D eigenvalue weighted by molar-refractivity contribution is -0.189.